The van der Waals surface area contributed by atoms with E-state index in [0.29, 0.717) is 12.2 Å². The summed E-state index contributed by atoms with van der Waals surface area (Å²) >= 11 is 0. The van der Waals surface area contributed by atoms with E-state index in [1.807, 2.05) is 36.4 Å². The lowest BCUT2D eigenvalue weighted by atomic mass is 10.1. The average Bonchev–Trinajstić information content (AvgIpc) is 2.54. The fourth-order valence-corrected chi connectivity index (χ4v) is 1.17. The number of amides is 1. The molecule has 0 atom stereocenters. The second-order valence-corrected chi connectivity index (χ2v) is 2.80. The van der Waals surface area contributed by atoms with E-state index < -0.39 is 0 Å². The van der Waals surface area contributed by atoms with Gasteiger partial charge in [0.25, 0.3) is 5.91 Å². The highest BCUT2D eigenvalue weighted by Crippen LogP contribution is 2.09. The summed E-state index contributed by atoms with van der Waals surface area (Å²) in [6, 6.07) is 9.69. The molecule has 3 nitrogen and oxygen atoms in total. The van der Waals surface area contributed by atoms with Crippen LogP contribution in [0.4, 0.5) is 0 Å². The van der Waals surface area contributed by atoms with E-state index in [1.165, 1.54) is 0 Å². The number of rotatable bonds is 1. The minimum Gasteiger partial charge on any atom is -0.268 e. The highest BCUT2D eigenvalue weighted by atomic mass is 16.7. The van der Waals surface area contributed by atoms with Crippen molar-refractivity contribution in [1.82, 2.24) is 5.48 Å². The topological polar surface area (TPSA) is 38.3 Å². The van der Waals surface area contributed by atoms with Gasteiger partial charge in [0.15, 0.2) is 0 Å². The summed E-state index contributed by atoms with van der Waals surface area (Å²) in [6.45, 7) is 0.341. The van der Waals surface area contributed by atoms with Gasteiger partial charge in [-0.1, -0.05) is 30.3 Å². The van der Waals surface area contributed by atoms with E-state index in [1.54, 1.807) is 0 Å². The largest absolute Gasteiger partial charge is 0.273 e. The van der Waals surface area contributed by atoms with Crippen molar-refractivity contribution in [1.29, 1.82) is 0 Å². The predicted molar refractivity (Wildman–Crippen MR) is 48.5 cm³/mol. The minimum atomic E-state index is -0.149. The van der Waals surface area contributed by atoms with Gasteiger partial charge in [0.1, 0.15) is 6.61 Å². The highest BCUT2D eigenvalue weighted by Gasteiger charge is 2.16. The Morgan fingerprint density at radius 3 is 2.69 bits per heavy atom. The molecule has 3 heteroatoms. The zero-order valence-electron chi connectivity index (χ0n) is 6.99. The Balaban J connectivity index is 2.25. The summed E-state index contributed by atoms with van der Waals surface area (Å²) < 4.78 is 0. The lowest BCUT2D eigenvalue weighted by Crippen LogP contribution is -2.12. The summed E-state index contributed by atoms with van der Waals surface area (Å²) in [7, 11) is 0. The Kier molecular flexibility index (Phi) is 2.10. The third-order valence-corrected chi connectivity index (χ3v) is 1.82. The van der Waals surface area contributed by atoms with Crippen LogP contribution in [0.5, 0.6) is 0 Å². The first kappa shape index (κ1) is 8.01. The minimum absolute atomic E-state index is 0.149. The number of hydrogen-bond donors (Lipinski definition) is 1. The predicted octanol–water partition coefficient (Wildman–Crippen LogP) is 1.13. The van der Waals surface area contributed by atoms with E-state index in [9.17, 15) is 4.79 Å². The molecule has 2 rings (SSSR count). The molecule has 0 radical (unpaired) electrons. The van der Waals surface area contributed by atoms with Crippen LogP contribution in [-0.4, -0.2) is 12.5 Å². The number of benzene rings is 1. The summed E-state index contributed by atoms with van der Waals surface area (Å²) in [5.74, 6) is -0.149. The van der Waals surface area contributed by atoms with Crippen molar-refractivity contribution in [2.45, 2.75) is 0 Å². The van der Waals surface area contributed by atoms with Crippen LogP contribution < -0.4 is 5.48 Å². The van der Waals surface area contributed by atoms with Gasteiger partial charge in [0, 0.05) is 5.57 Å². The van der Waals surface area contributed by atoms with E-state index >= 15 is 0 Å². The van der Waals surface area contributed by atoms with Crippen LogP contribution in [0.25, 0.3) is 6.08 Å². The van der Waals surface area contributed by atoms with Crippen molar-refractivity contribution in [3.63, 3.8) is 0 Å². The normalized spacial score (nSPS) is 19.1. The number of carbonyl (C=O) groups is 1. The molecule has 1 aliphatic rings. The molecule has 0 unspecified atom stereocenters. The molecule has 1 aromatic carbocycles. The smallest absolute Gasteiger partial charge is 0.268 e. The lowest BCUT2D eigenvalue weighted by Gasteiger charge is -1.92. The molecule has 1 saturated heterocycles. The maximum absolute atomic E-state index is 11.1. The third-order valence-electron chi connectivity index (χ3n) is 1.82. The van der Waals surface area contributed by atoms with E-state index in [4.69, 9.17) is 4.84 Å². The second-order valence-electron chi connectivity index (χ2n) is 2.80. The quantitative estimate of drug-likeness (QED) is 0.650. The van der Waals surface area contributed by atoms with E-state index in [2.05, 4.69) is 5.48 Å². The SMILES string of the molecule is O=C1NOCC1=Cc1ccccc1. The first-order valence-electron chi connectivity index (χ1n) is 4.04. The molecule has 0 saturated carbocycles. The van der Waals surface area contributed by atoms with Crippen LogP contribution >= 0.6 is 0 Å². The summed E-state index contributed by atoms with van der Waals surface area (Å²) in [5, 5.41) is 0. The number of carbonyl (C=O) groups excluding carboxylic acids is 1. The zero-order valence-corrected chi connectivity index (χ0v) is 6.99. The number of hydrogen-bond acceptors (Lipinski definition) is 2. The van der Waals surface area contributed by atoms with Crippen LogP contribution in [0.3, 0.4) is 0 Å². The van der Waals surface area contributed by atoms with Crippen LogP contribution in [-0.2, 0) is 9.63 Å². The maximum atomic E-state index is 11.1. The zero-order chi connectivity index (χ0) is 9.10. The van der Waals surface area contributed by atoms with Crippen molar-refractivity contribution in [2.75, 3.05) is 6.61 Å². The molecular weight excluding hydrogens is 166 g/mol. The Morgan fingerprint density at radius 2 is 2.08 bits per heavy atom. The van der Waals surface area contributed by atoms with Crippen molar-refractivity contribution in [3.8, 4) is 0 Å². The Morgan fingerprint density at radius 1 is 1.31 bits per heavy atom. The van der Waals surface area contributed by atoms with Crippen molar-refractivity contribution in [3.05, 3.63) is 41.5 Å². The van der Waals surface area contributed by atoms with Crippen LogP contribution in [0.1, 0.15) is 5.56 Å². The van der Waals surface area contributed by atoms with Gasteiger partial charge in [-0.15, -0.1) is 0 Å². The Bertz CT molecular complexity index is 343. The summed E-state index contributed by atoms with van der Waals surface area (Å²) in [4.78, 5) is 15.8. The van der Waals surface area contributed by atoms with Crippen molar-refractivity contribution < 1.29 is 9.63 Å². The Hall–Kier alpha value is -1.61. The molecule has 0 aromatic heterocycles. The third kappa shape index (κ3) is 1.76. The molecule has 66 valence electrons. The van der Waals surface area contributed by atoms with E-state index in [0.717, 1.165) is 5.56 Å². The van der Waals surface area contributed by atoms with Crippen molar-refractivity contribution >= 4 is 12.0 Å². The van der Waals surface area contributed by atoms with Gasteiger partial charge < -0.3 is 0 Å². The molecule has 0 bridgehead atoms. The van der Waals surface area contributed by atoms with Crippen LogP contribution in [0.15, 0.2) is 35.9 Å². The van der Waals surface area contributed by atoms with Crippen LogP contribution in [0.2, 0.25) is 0 Å². The summed E-state index contributed by atoms with van der Waals surface area (Å²) in [5.41, 5.74) is 3.95. The van der Waals surface area contributed by atoms with Crippen molar-refractivity contribution in [2.24, 2.45) is 0 Å². The molecule has 1 fully saturated rings. The van der Waals surface area contributed by atoms with Gasteiger partial charge in [-0.05, 0) is 11.6 Å². The van der Waals surface area contributed by atoms with E-state index in [-0.39, 0.29) is 5.91 Å². The molecule has 13 heavy (non-hydrogen) atoms. The molecule has 0 spiro atoms. The summed E-state index contributed by atoms with van der Waals surface area (Å²) in [6.07, 6.45) is 1.82. The fourth-order valence-electron chi connectivity index (χ4n) is 1.17. The standard InChI is InChI=1S/C10H9NO2/c12-10-9(7-13-11-10)6-8-4-2-1-3-5-8/h1-6H,7H2,(H,11,12). The average molecular weight is 175 g/mol. The maximum Gasteiger partial charge on any atom is 0.273 e. The highest BCUT2D eigenvalue weighted by molar-refractivity contribution is 5.98. The van der Waals surface area contributed by atoms with Crippen LogP contribution in [0, 0.1) is 0 Å². The molecule has 1 aliphatic heterocycles. The monoisotopic (exact) mass is 175 g/mol. The fraction of sp³-hybridized carbons (Fsp3) is 0.100. The van der Waals surface area contributed by atoms with Gasteiger partial charge in [0.05, 0.1) is 0 Å². The molecule has 1 aromatic rings. The van der Waals surface area contributed by atoms with Gasteiger partial charge in [-0.2, -0.15) is 0 Å². The van der Waals surface area contributed by atoms with Gasteiger partial charge in [0.2, 0.25) is 0 Å². The molecule has 0 aliphatic carbocycles. The Labute approximate surface area is 76.0 Å². The molecule has 1 N–H and O–H groups in total. The van der Waals surface area contributed by atoms with Gasteiger partial charge in [-0.25, -0.2) is 5.48 Å². The van der Waals surface area contributed by atoms with Gasteiger partial charge >= 0.3 is 0 Å². The van der Waals surface area contributed by atoms with Gasteiger partial charge in [-0.3, -0.25) is 9.63 Å². The number of hydroxylamine groups is 1. The molecule has 1 amide bonds. The second kappa shape index (κ2) is 3.41. The first-order chi connectivity index (χ1) is 6.36. The lowest BCUT2D eigenvalue weighted by molar-refractivity contribution is -0.122. The first-order valence-corrected chi connectivity index (χ1v) is 4.04. The molecular formula is C10H9NO2. The molecule has 1 heterocycles. The number of nitrogens with one attached hydrogen (secondary N) is 1.